The van der Waals surface area contributed by atoms with E-state index in [1.807, 2.05) is 52.9 Å². The van der Waals surface area contributed by atoms with E-state index in [-0.39, 0.29) is 30.5 Å². The van der Waals surface area contributed by atoms with E-state index in [1.54, 1.807) is 11.1 Å². The van der Waals surface area contributed by atoms with Gasteiger partial charge in [0.2, 0.25) is 11.8 Å². The molecule has 2 amide bonds. The lowest BCUT2D eigenvalue weighted by Gasteiger charge is -2.34. The van der Waals surface area contributed by atoms with Crippen LogP contribution in [-0.4, -0.2) is 62.9 Å². The third kappa shape index (κ3) is 5.76. The molecule has 1 saturated heterocycles. The smallest absolute Gasteiger partial charge is 0.242 e. The van der Waals surface area contributed by atoms with Crippen LogP contribution < -0.4 is 0 Å². The van der Waals surface area contributed by atoms with E-state index in [2.05, 4.69) is 4.98 Å². The molecule has 2 heterocycles. The Labute approximate surface area is 190 Å². The predicted molar refractivity (Wildman–Crippen MR) is 122 cm³/mol. The molecule has 1 aliphatic carbocycles. The Morgan fingerprint density at radius 3 is 2.62 bits per heavy atom. The molecule has 7 heteroatoms. The second-order valence-electron chi connectivity index (χ2n) is 8.95. The predicted octanol–water partition coefficient (Wildman–Crippen LogP) is 3.17. The summed E-state index contributed by atoms with van der Waals surface area (Å²) in [6, 6.07) is 10.3. The molecule has 7 nitrogen and oxygen atoms in total. The summed E-state index contributed by atoms with van der Waals surface area (Å²) in [7, 11) is 0. The second kappa shape index (κ2) is 10.8. The van der Waals surface area contributed by atoms with E-state index in [0.29, 0.717) is 32.7 Å². The molecule has 1 atom stereocenters. The van der Waals surface area contributed by atoms with Crippen LogP contribution in [0.25, 0.3) is 0 Å². The molecule has 2 aliphatic rings. The highest BCUT2D eigenvalue weighted by Gasteiger charge is 2.34. The molecule has 2 fully saturated rings. The summed E-state index contributed by atoms with van der Waals surface area (Å²) < 4.78 is 8.23. The van der Waals surface area contributed by atoms with Crippen molar-refractivity contribution in [2.75, 3.05) is 19.6 Å². The maximum Gasteiger partial charge on any atom is 0.242 e. The third-order valence-corrected chi connectivity index (χ3v) is 6.66. The lowest BCUT2D eigenvalue weighted by atomic mass is 9.94. The van der Waals surface area contributed by atoms with Crippen LogP contribution in [-0.2, 0) is 27.5 Å². The summed E-state index contributed by atoms with van der Waals surface area (Å²) in [5.41, 5.74) is 1.10. The molecule has 4 rings (SSSR count). The number of hydrogen-bond acceptors (Lipinski definition) is 4. The average Bonchev–Trinajstić information content (AvgIpc) is 3.15. The van der Waals surface area contributed by atoms with E-state index >= 15 is 0 Å². The van der Waals surface area contributed by atoms with E-state index in [1.165, 1.54) is 6.42 Å². The van der Waals surface area contributed by atoms with Crippen molar-refractivity contribution in [3.05, 3.63) is 54.1 Å². The Hall–Kier alpha value is -2.67. The number of aryl methyl sites for hydroxylation is 2. The van der Waals surface area contributed by atoms with E-state index < -0.39 is 0 Å². The number of ether oxygens (including phenoxy) is 1. The van der Waals surface area contributed by atoms with Gasteiger partial charge < -0.3 is 19.1 Å². The third-order valence-electron chi connectivity index (χ3n) is 6.66. The molecule has 172 valence electrons. The van der Waals surface area contributed by atoms with Gasteiger partial charge in [0.15, 0.2) is 0 Å². The SMILES string of the molecule is Cc1nccn1CCC(=O)N1CC(=O)N(C2CCCCC2)CC(OCc2ccccc2)C1. The first-order valence-electron chi connectivity index (χ1n) is 11.8. The number of hydrogen-bond donors (Lipinski definition) is 0. The summed E-state index contributed by atoms with van der Waals surface area (Å²) in [5.74, 6) is 0.928. The molecule has 1 aliphatic heterocycles. The Bertz CT molecular complexity index is 892. The monoisotopic (exact) mass is 438 g/mol. The molecular weight excluding hydrogens is 404 g/mol. The van der Waals surface area contributed by atoms with Crippen LogP contribution in [0.15, 0.2) is 42.7 Å². The van der Waals surface area contributed by atoms with Crippen LogP contribution in [0.1, 0.15) is 49.9 Å². The van der Waals surface area contributed by atoms with Crippen molar-refractivity contribution < 1.29 is 14.3 Å². The zero-order valence-electron chi connectivity index (χ0n) is 19.0. The summed E-state index contributed by atoms with van der Waals surface area (Å²) in [4.78, 5) is 34.2. The zero-order valence-corrected chi connectivity index (χ0v) is 19.0. The van der Waals surface area contributed by atoms with E-state index in [9.17, 15) is 9.59 Å². The van der Waals surface area contributed by atoms with E-state index in [4.69, 9.17) is 4.74 Å². The average molecular weight is 439 g/mol. The topological polar surface area (TPSA) is 67.7 Å². The van der Waals surface area contributed by atoms with Gasteiger partial charge in [-0.2, -0.15) is 0 Å². The van der Waals surface area contributed by atoms with Crippen LogP contribution in [0.5, 0.6) is 0 Å². The summed E-state index contributed by atoms with van der Waals surface area (Å²) in [6.45, 7) is 4.12. The highest BCUT2D eigenvalue weighted by Crippen LogP contribution is 2.25. The van der Waals surface area contributed by atoms with Crippen molar-refractivity contribution in [3.8, 4) is 0 Å². The first-order valence-corrected chi connectivity index (χ1v) is 11.8. The Kier molecular flexibility index (Phi) is 7.58. The van der Waals surface area contributed by atoms with Crippen LogP contribution >= 0.6 is 0 Å². The van der Waals surface area contributed by atoms with Crippen LogP contribution in [0.3, 0.4) is 0 Å². The Balaban J connectivity index is 1.44. The molecule has 0 spiro atoms. The number of benzene rings is 1. The van der Waals surface area contributed by atoms with Crippen molar-refractivity contribution in [2.45, 2.75) is 70.7 Å². The highest BCUT2D eigenvalue weighted by atomic mass is 16.5. The van der Waals surface area contributed by atoms with Gasteiger partial charge in [0.1, 0.15) is 5.82 Å². The van der Waals surface area contributed by atoms with Crippen molar-refractivity contribution in [1.29, 1.82) is 0 Å². The van der Waals surface area contributed by atoms with Crippen LogP contribution in [0.4, 0.5) is 0 Å². The van der Waals surface area contributed by atoms with Crippen molar-refractivity contribution in [3.63, 3.8) is 0 Å². The normalized spacial score (nSPS) is 20.4. The van der Waals surface area contributed by atoms with Gasteiger partial charge >= 0.3 is 0 Å². The number of aromatic nitrogens is 2. The van der Waals surface area contributed by atoms with Gasteiger partial charge in [-0.1, -0.05) is 49.6 Å². The number of rotatable bonds is 7. The molecule has 32 heavy (non-hydrogen) atoms. The summed E-state index contributed by atoms with van der Waals surface area (Å²) in [6.07, 6.45) is 9.44. The number of nitrogens with zero attached hydrogens (tertiary/aromatic N) is 4. The van der Waals surface area contributed by atoms with Gasteiger partial charge in [-0.3, -0.25) is 9.59 Å². The largest absolute Gasteiger partial charge is 0.370 e. The molecule has 0 N–H and O–H groups in total. The molecule has 2 aromatic rings. The highest BCUT2D eigenvalue weighted by molar-refractivity contribution is 5.85. The molecule has 0 radical (unpaired) electrons. The minimum absolute atomic E-state index is 0.00902. The standard InChI is InChI=1S/C25H34N4O3/c1-20-26-13-15-27(20)14-12-24(30)28-16-23(32-19-21-8-4-2-5-9-21)17-29(25(31)18-28)22-10-6-3-7-11-22/h2,4-5,8-9,13,15,22-23H,3,6-7,10-12,14,16-19H2,1H3. The molecule has 1 unspecified atom stereocenters. The van der Waals surface area contributed by atoms with Gasteiger partial charge in [-0.15, -0.1) is 0 Å². The van der Waals surface area contributed by atoms with Gasteiger partial charge in [0.05, 0.1) is 19.3 Å². The quantitative estimate of drug-likeness (QED) is 0.666. The first-order chi connectivity index (χ1) is 15.6. The Morgan fingerprint density at radius 2 is 1.91 bits per heavy atom. The Morgan fingerprint density at radius 1 is 1.12 bits per heavy atom. The first kappa shape index (κ1) is 22.5. The van der Waals surface area contributed by atoms with Gasteiger partial charge in [0, 0.05) is 44.5 Å². The number of imidazole rings is 1. The molecule has 0 bridgehead atoms. The molecule has 1 aromatic heterocycles. The van der Waals surface area contributed by atoms with Gasteiger partial charge in [0.25, 0.3) is 0 Å². The molecule has 1 aromatic carbocycles. The molecule has 1 saturated carbocycles. The van der Waals surface area contributed by atoms with Gasteiger partial charge in [-0.05, 0) is 25.3 Å². The maximum absolute atomic E-state index is 13.2. The van der Waals surface area contributed by atoms with Crippen molar-refractivity contribution in [2.24, 2.45) is 0 Å². The van der Waals surface area contributed by atoms with E-state index in [0.717, 1.165) is 37.1 Å². The van der Waals surface area contributed by atoms with Gasteiger partial charge in [-0.25, -0.2) is 4.98 Å². The number of amides is 2. The van der Waals surface area contributed by atoms with Crippen molar-refractivity contribution >= 4 is 11.8 Å². The summed E-state index contributed by atoms with van der Waals surface area (Å²) >= 11 is 0. The van der Waals surface area contributed by atoms with Crippen LogP contribution in [0.2, 0.25) is 0 Å². The second-order valence-corrected chi connectivity index (χ2v) is 8.95. The lowest BCUT2D eigenvalue weighted by molar-refractivity contribution is -0.140. The minimum Gasteiger partial charge on any atom is -0.370 e. The van der Waals surface area contributed by atoms with Crippen molar-refractivity contribution in [1.82, 2.24) is 19.4 Å². The fraction of sp³-hybridized carbons (Fsp3) is 0.560. The fourth-order valence-corrected chi connectivity index (χ4v) is 4.79. The maximum atomic E-state index is 13.2. The summed E-state index contributed by atoms with van der Waals surface area (Å²) in [5, 5.41) is 0. The number of carbonyl (C=O) groups excluding carboxylic acids is 2. The lowest BCUT2D eigenvalue weighted by Crippen LogP contribution is -2.46. The zero-order chi connectivity index (χ0) is 22.3. The van der Waals surface area contributed by atoms with Crippen LogP contribution in [0, 0.1) is 6.92 Å². The number of carbonyl (C=O) groups is 2. The minimum atomic E-state index is -0.192. The molecular formula is C25H34N4O3. The fourth-order valence-electron chi connectivity index (χ4n) is 4.79.